The maximum absolute atomic E-state index is 12.1. The van der Waals surface area contributed by atoms with E-state index in [9.17, 15) is 4.79 Å². The molecule has 6 nitrogen and oxygen atoms in total. The lowest BCUT2D eigenvalue weighted by molar-refractivity contribution is 0.0516. The highest BCUT2D eigenvalue weighted by Crippen LogP contribution is 2.29. The summed E-state index contributed by atoms with van der Waals surface area (Å²) >= 11 is 12.2. The van der Waals surface area contributed by atoms with Crippen molar-refractivity contribution in [1.82, 2.24) is 4.57 Å². The highest BCUT2D eigenvalue weighted by atomic mass is 35.5. The molecule has 0 amide bonds. The van der Waals surface area contributed by atoms with Crippen molar-refractivity contribution < 1.29 is 9.53 Å². The molecule has 23 heavy (non-hydrogen) atoms. The second-order valence-corrected chi connectivity index (χ2v) is 5.65. The van der Waals surface area contributed by atoms with Gasteiger partial charge in [0.2, 0.25) is 0 Å². The van der Waals surface area contributed by atoms with Gasteiger partial charge in [-0.1, -0.05) is 28.3 Å². The molecule has 2 aromatic rings. The van der Waals surface area contributed by atoms with Crippen LogP contribution in [0.25, 0.3) is 16.1 Å². The van der Waals surface area contributed by atoms with E-state index in [0.717, 1.165) is 11.4 Å². The Morgan fingerprint density at radius 3 is 2.74 bits per heavy atom. The normalized spacial score (nSPS) is 10.3. The molecule has 1 heterocycles. The van der Waals surface area contributed by atoms with E-state index in [1.807, 2.05) is 18.4 Å². The second kappa shape index (κ2) is 7.42. The van der Waals surface area contributed by atoms with Gasteiger partial charge in [-0.25, -0.2) is 4.79 Å². The smallest absolute Gasteiger partial charge is 0.339 e. The van der Waals surface area contributed by atoms with Crippen molar-refractivity contribution in [2.75, 3.05) is 13.2 Å². The molecule has 0 N–H and O–H groups in total. The molecule has 0 saturated carbocycles. The van der Waals surface area contributed by atoms with Gasteiger partial charge in [0, 0.05) is 21.3 Å². The number of hydrogen-bond donors (Lipinski definition) is 0. The molecule has 0 aliphatic heterocycles. The molecule has 0 fully saturated rings. The van der Waals surface area contributed by atoms with E-state index < -0.39 is 5.97 Å². The zero-order chi connectivity index (χ0) is 17.0. The van der Waals surface area contributed by atoms with Gasteiger partial charge in [0.05, 0.1) is 29.4 Å². The third-order valence-corrected chi connectivity index (χ3v) is 3.83. The Bertz CT molecular complexity index is 795. The fourth-order valence-corrected chi connectivity index (χ4v) is 2.80. The maximum atomic E-state index is 12.1. The lowest BCUT2D eigenvalue weighted by Gasteiger charge is -2.12. The van der Waals surface area contributed by atoms with Crippen molar-refractivity contribution >= 4 is 29.2 Å². The van der Waals surface area contributed by atoms with Crippen molar-refractivity contribution in [1.29, 1.82) is 0 Å². The number of hydrogen-bond acceptors (Lipinski definition) is 3. The number of halogens is 2. The number of esters is 1. The van der Waals surface area contributed by atoms with Crippen molar-refractivity contribution in [3.8, 4) is 5.69 Å². The molecule has 0 spiro atoms. The minimum Gasteiger partial charge on any atom is -0.462 e. The minimum atomic E-state index is -0.470. The first-order valence-electron chi connectivity index (χ1n) is 6.78. The molecular weight excluding hydrogens is 339 g/mol. The highest BCUT2D eigenvalue weighted by molar-refractivity contribution is 6.35. The molecule has 1 aromatic heterocycles. The van der Waals surface area contributed by atoms with Gasteiger partial charge in [0.25, 0.3) is 0 Å². The SMILES string of the molecule is Cc1cc(C(=O)OCCN=[N+]=[N-])c(C)n1-c1ccc(Cl)cc1Cl. The number of aryl methyl sites for hydroxylation is 1. The standard InChI is InChI=1S/C15H14Cl2N4O2/c1-9-7-12(15(22)23-6-5-19-20-18)10(2)21(9)14-4-3-11(16)8-13(14)17/h3-4,7-8H,5-6H2,1-2H3. The summed E-state index contributed by atoms with van der Waals surface area (Å²) in [6, 6.07) is 6.91. The topological polar surface area (TPSA) is 80.0 Å². The number of benzene rings is 1. The Morgan fingerprint density at radius 1 is 1.35 bits per heavy atom. The van der Waals surface area contributed by atoms with Crippen LogP contribution in [0.1, 0.15) is 21.7 Å². The van der Waals surface area contributed by atoms with E-state index in [4.69, 9.17) is 33.5 Å². The van der Waals surface area contributed by atoms with Gasteiger partial charge in [0.1, 0.15) is 0 Å². The van der Waals surface area contributed by atoms with Crippen LogP contribution in [0.2, 0.25) is 10.0 Å². The summed E-state index contributed by atoms with van der Waals surface area (Å²) < 4.78 is 6.96. The largest absolute Gasteiger partial charge is 0.462 e. The van der Waals surface area contributed by atoms with Crippen LogP contribution in [-0.4, -0.2) is 23.7 Å². The van der Waals surface area contributed by atoms with Crippen molar-refractivity contribution in [2.45, 2.75) is 13.8 Å². The Morgan fingerprint density at radius 2 is 2.09 bits per heavy atom. The third kappa shape index (κ3) is 3.79. The maximum Gasteiger partial charge on any atom is 0.339 e. The molecule has 0 saturated heterocycles. The van der Waals surface area contributed by atoms with Crippen LogP contribution in [0.4, 0.5) is 0 Å². The lowest BCUT2D eigenvalue weighted by Crippen LogP contribution is -2.09. The zero-order valence-corrected chi connectivity index (χ0v) is 14.1. The third-order valence-electron chi connectivity index (χ3n) is 3.29. The molecule has 2 rings (SSSR count). The summed E-state index contributed by atoms with van der Waals surface area (Å²) in [6.45, 7) is 3.81. The molecule has 0 atom stereocenters. The van der Waals surface area contributed by atoms with Gasteiger partial charge >= 0.3 is 5.97 Å². The van der Waals surface area contributed by atoms with Gasteiger partial charge in [-0.3, -0.25) is 0 Å². The molecule has 0 aliphatic carbocycles. The van der Waals surface area contributed by atoms with E-state index in [0.29, 0.717) is 21.3 Å². The first kappa shape index (κ1) is 17.2. The van der Waals surface area contributed by atoms with Gasteiger partial charge in [0.15, 0.2) is 0 Å². The van der Waals surface area contributed by atoms with Crippen LogP contribution in [0.15, 0.2) is 29.4 Å². The van der Waals surface area contributed by atoms with Gasteiger partial charge in [-0.05, 0) is 43.6 Å². The van der Waals surface area contributed by atoms with Crippen LogP contribution >= 0.6 is 23.2 Å². The molecule has 0 unspecified atom stereocenters. The number of rotatable bonds is 5. The average molecular weight is 353 g/mol. The Kier molecular flexibility index (Phi) is 5.55. The van der Waals surface area contributed by atoms with E-state index >= 15 is 0 Å². The number of carbonyl (C=O) groups excluding carboxylic acids is 1. The molecule has 0 bridgehead atoms. The number of azide groups is 1. The van der Waals surface area contributed by atoms with E-state index in [-0.39, 0.29) is 13.2 Å². The lowest BCUT2D eigenvalue weighted by atomic mass is 10.2. The first-order valence-corrected chi connectivity index (χ1v) is 7.53. The zero-order valence-electron chi connectivity index (χ0n) is 12.6. The summed E-state index contributed by atoms with van der Waals surface area (Å²) in [4.78, 5) is 14.7. The summed E-state index contributed by atoms with van der Waals surface area (Å²) in [5.74, 6) is -0.470. The quantitative estimate of drug-likeness (QED) is 0.253. The fourth-order valence-electron chi connectivity index (χ4n) is 2.30. The molecule has 120 valence electrons. The van der Waals surface area contributed by atoms with E-state index in [2.05, 4.69) is 10.0 Å². The average Bonchev–Trinajstić information content (AvgIpc) is 2.79. The van der Waals surface area contributed by atoms with Crippen LogP contribution in [0.3, 0.4) is 0 Å². The Balaban J connectivity index is 2.32. The van der Waals surface area contributed by atoms with Crippen molar-refractivity contribution in [3.63, 3.8) is 0 Å². The fraction of sp³-hybridized carbons (Fsp3) is 0.267. The van der Waals surface area contributed by atoms with E-state index in [1.54, 1.807) is 24.3 Å². The Hall–Kier alpha value is -2.14. The summed E-state index contributed by atoms with van der Waals surface area (Å²) in [5.41, 5.74) is 10.9. The predicted octanol–water partition coefficient (Wildman–Crippen LogP) is 4.87. The molecule has 1 aromatic carbocycles. The van der Waals surface area contributed by atoms with Gasteiger partial charge in [-0.2, -0.15) is 0 Å². The van der Waals surface area contributed by atoms with Crippen molar-refractivity contribution in [2.24, 2.45) is 5.11 Å². The number of carbonyl (C=O) groups is 1. The second-order valence-electron chi connectivity index (χ2n) is 4.81. The molecule has 8 heteroatoms. The van der Waals surface area contributed by atoms with E-state index in [1.165, 1.54) is 0 Å². The number of ether oxygens (including phenoxy) is 1. The number of aromatic nitrogens is 1. The summed E-state index contributed by atoms with van der Waals surface area (Å²) in [7, 11) is 0. The predicted molar refractivity (Wildman–Crippen MR) is 89.6 cm³/mol. The van der Waals surface area contributed by atoms with Crippen LogP contribution in [0.5, 0.6) is 0 Å². The highest BCUT2D eigenvalue weighted by Gasteiger charge is 2.19. The van der Waals surface area contributed by atoms with Gasteiger partial charge in [-0.15, -0.1) is 0 Å². The monoisotopic (exact) mass is 352 g/mol. The van der Waals surface area contributed by atoms with Crippen molar-refractivity contribution in [3.05, 3.63) is 61.7 Å². The van der Waals surface area contributed by atoms with Crippen LogP contribution < -0.4 is 0 Å². The molecule has 0 radical (unpaired) electrons. The molecular formula is C15H14Cl2N4O2. The minimum absolute atomic E-state index is 0.0360. The molecule has 0 aliphatic rings. The van der Waals surface area contributed by atoms with Crippen LogP contribution in [-0.2, 0) is 4.74 Å². The van der Waals surface area contributed by atoms with Crippen LogP contribution in [0, 0.1) is 13.8 Å². The summed E-state index contributed by atoms with van der Waals surface area (Å²) in [5, 5.41) is 4.35. The first-order chi connectivity index (χ1) is 11.0. The number of nitrogens with zero attached hydrogens (tertiary/aromatic N) is 4. The Labute approximate surface area is 143 Å². The summed E-state index contributed by atoms with van der Waals surface area (Å²) in [6.07, 6.45) is 0. The van der Waals surface area contributed by atoms with Gasteiger partial charge < -0.3 is 9.30 Å².